The summed E-state index contributed by atoms with van der Waals surface area (Å²) in [6.45, 7) is 2.15. The standard InChI is InChI=1S/C14H17ClN4O3/c15-9-1-2-11(22-4-3-16)10(5-9)12(20)19-7-14(8-19)6-17-13(21)18-14/h1-2,5H,3-4,6-8,16H2,(H2,17,18,21). The van der Waals surface area contributed by atoms with E-state index in [0.29, 0.717) is 49.1 Å². The molecule has 0 aliphatic carbocycles. The van der Waals surface area contributed by atoms with Gasteiger partial charge in [0.15, 0.2) is 0 Å². The molecule has 1 aromatic rings. The number of benzene rings is 1. The molecule has 0 aromatic heterocycles. The lowest BCUT2D eigenvalue weighted by Crippen LogP contribution is -2.70. The summed E-state index contributed by atoms with van der Waals surface area (Å²) in [5, 5.41) is 6.02. The molecule has 0 atom stereocenters. The number of nitrogens with one attached hydrogen (secondary N) is 2. The molecule has 22 heavy (non-hydrogen) atoms. The normalized spacial score (nSPS) is 18.6. The second-order valence-electron chi connectivity index (χ2n) is 5.53. The van der Waals surface area contributed by atoms with Gasteiger partial charge in [0.25, 0.3) is 5.91 Å². The van der Waals surface area contributed by atoms with E-state index in [2.05, 4.69) is 10.6 Å². The van der Waals surface area contributed by atoms with Gasteiger partial charge in [-0.15, -0.1) is 0 Å². The highest BCUT2D eigenvalue weighted by molar-refractivity contribution is 6.31. The Morgan fingerprint density at radius 3 is 2.86 bits per heavy atom. The predicted octanol–water partition coefficient (Wildman–Crippen LogP) is 0.185. The van der Waals surface area contributed by atoms with Gasteiger partial charge in [0.1, 0.15) is 12.4 Å². The first-order valence-electron chi connectivity index (χ1n) is 7.01. The second-order valence-corrected chi connectivity index (χ2v) is 5.96. The minimum Gasteiger partial charge on any atom is -0.491 e. The van der Waals surface area contributed by atoms with Crippen LogP contribution in [0.5, 0.6) is 5.75 Å². The summed E-state index contributed by atoms with van der Waals surface area (Å²) in [6, 6.07) is 4.73. The van der Waals surface area contributed by atoms with Crippen molar-refractivity contribution in [1.82, 2.24) is 15.5 Å². The van der Waals surface area contributed by atoms with Crippen molar-refractivity contribution < 1.29 is 14.3 Å². The van der Waals surface area contributed by atoms with Gasteiger partial charge in [-0.05, 0) is 18.2 Å². The van der Waals surface area contributed by atoms with Crippen LogP contribution >= 0.6 is 11.6 Å². The molecular formula is C14H17ClN4O3. The molecule has 2 heterocycles. The van der Waals surface area contributed by atoms with Crippen molar-refractivity contribution in [2.24, 2.45) is 5.73 Å². The van der Waals surface area contributed by atoms with Crippen molar-refractivity contribution in [2.45, 2.75) is 5.54 Å². The third-order valence-electron chi connectivity index (χ3n) is 3.79. The van der Waals surface area contributed by atoms with Crippen LogP contribution in [-0.4, -0.2) is 55.2 Å². The highest BCUT2D eigenvalue weighted by atomic mass is 35.5. The average Bonchev–Trinajstić information content (AvgIpc) is 2.86. The monoisotopic (exact) mass is 324 g/mol. The van der Waals surface area contributed by atoms with E-state index in [4.69, 9.17) is 22.1 Å². The van der Waals surface area contributed by atoms with E-state index in [-0.39, 0.29) is 17.5 Å². The number of urea groups is 1. The molecule has 0 saturated carbocycles. The maximum absolute atomic E-state index is 12.6. The Balaban J connectivity index is 1.73. The van der Waals surface area contributed by atoms with Crippen molar-refractivity contribution in [1.29, 1.82) is 0 Å². The SMILES string of the molecule is NCCOc1ccc(Cl)cc1C(=O)N1CC2(CNC(=O)N2)C1. The lowest BCUT2D eigenvalue weighted by Gasteiger charge is -2.46. The van der Waals surface area contributed by atoms with E-state index in [0.717, 1.165) is 0 Å². The van der Waals surface area contributed by atoms with Gasteiger partial charge < -0.3 is 26.0 Å². The van der Waals surface area contributed by atoms with Gasteiger partial charge in [-0.3, -0.25) is 4.79 Å². The van der Waals surface area contributed by atoms with Crippen molar-refractivity contribution in [3.63, 3.8) is 0 Å². The van der Waals surface area contributed by atoms with E-state index in [9.17, 15) is 9.59 Å². The number of rotatable bonds is 4. The fraction of sp³-hybridized carbons (Fsp3) is 0.429. The summed E-state index contributed by atoms with van der Waals surface area (Å²) in [5.74, 6) is 0.302. The molecule has 0 radical (unpaired) electrons. The number of hydrogen-bond donors (Lipinski definition) is 3. The number of carbonyl (C=O) groups excluding carboxylic acids is 2. The van der Waals surface area contributed by atoms with E-state index in [1.54, 1.807) is 23.1 Å². The van der Waals surface area contributed by atoms with Crippen molar-refractivity contribution in [3.8, 4) is 5.75 Å². The van der Waals surface area contributed by atoms with Crippen LogP contribution in [0.25, 0.3) is 0 Å². The first-order valence-corrected chi connectivity index (χ1v) is 7.38. The van der Waals surface area contributed by atoms with Crippen LogP contribution < -0.4 is 21.1 Å². The lowest BCUT2D eigenvalue weighted by molar-refractivity contribution is 0.0393. The number of amides is 3. The van der Waals surface area contributed by atoms with Gasteiger partial charge in [0, 0.05) is 31.2 Å². The van der Waals surface area contributed by atoms with Gasteiger partial charge >= 0.3 is 6.03 Å². The van der Waals surface area contributed by atoms with Gasteiger partial charge in [-0.25, -0.2) is 4.79 Å². The number of halogens is 1. The molecule has 7 nitrogen and oxygen atoms in total. The Hall–Kier alpha value is -1.99. The van der Waals surface area contributed by atoms with Crippen LogP contribution in [0.2, 0.25) is 5.02 Å². The summed E-state index contributed by atoms with van der Waals surface area (Å²) in [5.41, 5.74) is 5.49. The first-order chi connectivity index (χ1) is 10.5. The molecule has 3 amide bonds. The van der Waals surface area contributed by atoms with Crippen LogP contribution in [0.4, 0.5) is 4.79 Å². The Morgan fingerprint density at radius 1 is 1.45 bits per heavy atom. The van der Waals surface area contributed by atoms with Gasteiger partial charge in [-0.2, -0.15) is 0 Å². The number of carbonyl (C=O) groups is 2. The number of nitrogens with two attached hydrogens (primary N) is 1. The van der Waals surface area contributed by atoms with Gasteiger partial charge in [-0.1, -0.05) is 11.6 Å². The second kappa shape index (κ2) is 5.66. The Bertz CT molecular complexity index is 616. The zero-order chi connectivity index (χ0) is 15.7. The molecule has 0 unspecified atom stereocenters. The summed E-state index contributed by atoms with van der Waals surface area (Å²) < 4.78 is 5.50. The molecule has 2 aliphatic rings. The van der Waals surface area contributed by atoms with Crippen LogP contribution in [0, 0.1) is 0 Å². The molecule has 4 N–H and O–H groups in total. The minimum absolute atomic E-state index is 0.165. The smallest absolute Gasteiger partial charge is 0.315 e. The van der Waals surface area contributed by atoms with Crippen LogP contribution in [0.1, 0.15) is 10.4 Å². The van der Waals surface area contributed by atoms with E-state index >= 15 is 0 Å². The largest absolute Gasteiger partial charge is 0.491 e. The topological polar surface area (TPSA) is 96.7 Å². The minimum atomic E-state index is -0.344. The molecule has 2 saturated heterocycles. The van der Waals surface area contributed by atoms with Crippen molar-refractivity contribution >= 4 is 23.5 Å². The molecule has 1 spiro atoms. The Morgan fingerprint density at radius 2 is 2.23 bits per heavy atom. The van der Waals surface area contributed by atoms with Crippen molar-refractivity contribution in [2.75, 3.05) is 32.8 Å². The fourth-order valence-electron chi connectivity index (χ4n) is 2.73. The number of likely N-dealkylation sites (tertiary alicyclic amines) is 1. The zero-order valence-corrected chi connectivity index (χ0v) is 12.7. The van der Waals surface area contributed by atoms with Crippen LogP contribution in [0.3, 0.4) is 0 Å². The van der Waals surface area contributed by atoms with Gasteiger partial charge in [0.05, 0.1) is 11.1 Å². The van der Waals surface area contributed by atoms with E-state index < -0.39 is 0 Å². The summed E-state index contributed by atoms with van der Waals surface area (Å²) in [4.78, 5) is 25.5. The summed E-state index contributed by atoms with van der Waals surface area (Å²) in [6.07, 6.45) is 0. The van der Waals surface area contributed by atoms with Gasteiger partial charge in [0.2, 0.25) is 0 Å². The van der Waals surface area contributed by atoms with Crippen molar-refractivity contribution in [3.05, 3.63) is 28.8 Å². The molecule has 8 heteroatoms. The summed E-state index contributed by atoms with van der Waals surface area (Å²) in [7, 11) is 0. The number of nitrogens with zero attached hydrogens (tertiary/aromatic N) is 1. The molecule has 2 fully saturated rings. The first kappa shape index (κ1) is 14.9. The van der Waals surface area contributed by atoms with Crippen LogP contribution in [-0.2, 0) is 0 Å². The Labute approximate surface area is 132 Å². The number of hydrogen-bond acceptors (Lipinski definition) is 4. The lowest BCUT2D eigenvalue weighted by atomic mass is 9.90. The molecule has 2 aliphatic heterocycles. The number of ether oxygens (including phenoxy) is 1. The molecule has 1 aromatic carbocycles. The van der Waals surface area contributed by atoms with Crippen LogP contribution in [0.15, 0.2) is 18.2 Å². The van der Waals surface area contributed by atoms with E-state index in [1.807, 2.05) is 0 Å². The fourth-order valence-corrected chi connectivity index (χ4v) is 2.90. The molecule has 118 valence electrons. The Kier molecular flexibility index (Phi) is 3.84. The van der Waals surface area contributed by atoms with E-state index in [1.165, 1.54) is 0 Å². The third kappa shape index (κ3) is 2.69. The third-order valence-corrected chi connectivity index (χ3v) is 4.02. The average molecular weight is 325 g/mol. The zero-order valence-electron chi connectivity index (χ0n) is 11.9. The maximum Gasteiger partial charge on any atom is 0.315 e. The molecule has 0 bridgehead atoms. The highest BCUT2D eigenvalue weighted by Gasteiger charge is 2.49. The quantitative estimate of drug-likeness (QED) is 0.736. The molecular weight excluding hydrogens is 308 g/mol. The summed E-state index contributed by atoms with van der Waals surface area (Å²) >= 11 is 5.98. The predicted molar refractivity (Wildman–Crippen MR) is 81.2 cm³/mol. The highest BCUT2D eigenvalue weighted by Crippen LogP contribution is 2.29. The maximum atomic E-state index is 12.6. The molecule has 3 rings (SSSR count).